The van der Waals surface area contributed by atoms with E-state index in [1.165, 1.54) is 0 Å². The van der Waals surface area contributed by atoms with Gasteiger partial charge in [0.2, 0.25) is 0 Å². The topological polar surface area (TPSA) is 67.2 Å². The Hall–Kier alpha value is -1.36. The molecule has 0 bridgehead atoms. The molecular formula is C10H17N3O2. The van der Waals surface area contributed by atoms with E-state index in [9.17, 15) is 4.79 Å². The summed E-state index contributed by atoms with van der Waals surface area (Å²) in [5.74, 6) is 0.453. The third kappa shape index (κ3) is 4.12. The van der Waals surface area contributed by atoms with Gasteiger partial charge in [-0.3, -0.25) is 4.79 Å². The first-order valence-electron chi connectivity index (χ1n) is 5.16. The molecule has 0 aromatic carbocycles. The number of hydrogen-bond acceptors (Lipinski definition) is 4. The van der Waals surface area contributed by atoms with Crippen molar-refractivity contribution in [1.29, 1.82) is 0 Å². The van der Waals surface area contributed by atoms with Crippen molar-refractivity contribution >= 4 is 5.91 Å². The molecule has 0 fully saturated rings. The van der Waals surface area contributed by atoms with E-state index in [0.717, 1.165) is 19.5 Å². The molecule has 0 aliphatic heterocycles. The fraction of sp³-hybridized carbons (Fsp3) is 0.600. The summed E-state index contributed by atoms with van der Waals surface area (Å²) < 4.78 is 4.80. The molecule has 0 atom stereocenters. The minimum Gasteiger partial charge on any atom is -0.361 e. The number of nitrogens with one attached hydrogen (secondary N) is 2. The average molecular weight is 211 g/mol. The quantitative estimate of drug-likeness (QED) is 0.680. The Labute approximate surface area is 89.2 Å². The highest BCUT2D eigenvalue weighted by molar-refractivity contribution is 5.92. The molecule has 0 aliphatic carbocycles. The van der Waals surface area contributed by atoms with Crippen LogP contribution in [-0.4, -0.2) is 30.7 Å². The second-order valence-corrected chi connectivity index (χ2v) is 3.33. The molecule has 15 heavy (non-hydrogen) atoms. The number of rotatable bonds is 6. The molecular weight excluding hydrogens is 194 g/mol. The lowest BCUT2D eigenvalue weighted by atomic mass is 10.3. The lowest BCUT2D eigenvalue weighted by molar-refractivity contribution is 0.0945. The van der Waals surface area contributed by atoms with Gasteiger partial charge in [0.1, 0.15) is 5.76 Å². The molecule has 5 nitrogen and oxygen atoms in total. The molecule has 0 aliphatic rings. The Morgan fingerprint density at radius 2 is 2.27 bits per heavy atom. The van der Waals surface area contributed by atoms with Crippen LogP contribution in [0.5, 0.6) is 0 Å². The number of carbonyl (C=O) groups excluding carboxylic acids is 1. The molecule has 0 spiro atoms. The van der Waals surface area contributed by atoms with Gasteiger partial charge >= 0.3 is 0 Å². The Balaban J connectivity index is 2.19. The number of nitrogens with zero attached hydrogens (tertiary/aromatic N) is 1. The van der Waals surface area contributed by atoms with Crippen molar-refractivity contribution in [2.24, 2.45) is 0 Å². The number of amides is 1. The monoisotopic (exact) mass is 211 g/mol. The maximum Gasteiger partial charge on any atom is 0.273 e. The Kier molecular flexibility index (Phi) is 4.83. The first kappa shape index (κ1) is 11.7. The third-order valence-corrected chi connectivity index (χ3v) is 1.87. The molecule has 1 rings (SSSR count). The summed E-state index contributed by atoms with van der Waals surface area (Å²) in [6.45, 7) is 6.20. The van der Waals surface area contributed by atoms with Crippen molar-refractivity contribution in [3.8, 4) is 0 Å². The van der Waals surface area contributed by atoms with Crippen LogP contribution in [0.2, 0.25) is 0 Å². The molecule has 0 radical (unpaired) electrons. The molecule has 1 aromatic heterocycles. The summed E-state index contributed by atoms with van der Waals surface area (Å²) in [7, 11) is 0. The van der Waals surface area contributed by atoms with E-state index in [-0.39, 0.29) is 5.91 Å². The van der Waals surface area contributed by atoms with Crippen LogP contribution in [-0.2, 0) is 0 Å². The average Bonchev–Trinajstić information content (AvgIpc) is 2.64. The minimum atomic E-state index is -0.190. The van der Waals surface area contributed by atoms with Crippen molar-refractivity contribution in [1.82, 2.24) is 15.8 Å². The molecule has 0 saturated heterocycles. The summed E-state index contributed by atoms with van der Waals surface area (Å²) in [6.07, 6.45) is 1.09. The lowest BCUT2D eigenvalue weighted by Crippen LogP contribution is -2.32. The predicted molar refractivity (Wildman–Crippen MR) is 56.7 cm³/mol. The standard InChI is InChI=1S/C10H17N3O2/c1-3-4-11-5-6-12-10(14)9-7-8(2)15-13-9/h7,11H,3-6H2,1-2H3,(H,12,14). The van der Waals surface area contributed by atoms with E-state index in [0.29, 0.717) is 18.0 Å². The van der Waals surface area contributed by atoms with Crippen LogP contribution in [0, 0.1) is 6.92 Å². The van der Waals surface area contributed by atoms with Crippen LogP contribution in [0.3, 0.4) is 0 Å². The molecule has 0 unspecified atom stereocenters. The van der Waals surface area contributed by atoms with Gasteiger partial charge in [0.15, 0.2) is 5.69 Å². The molecule has 5 heteroatoms. The molecule has 2 N–H and O–H groups in total. The van der Waals surface area contributed by atoms with Gasteiger partial charge < -0.3 is 15.2 Å². The van der Waals surface area contributed by atoms with E-state index >= 15 is 0 Å². The Bertz CT molecular complexity index is 309. The predicted octanol–water partition coefficient (Wildman–Crippen LogP) is 0.712. The number of aromatic nitrogens is 1. The Morgan fingerprint density at radius 3 is 2.87 bits per heavy atom. The van der Waals surface area contributed by atoms with Gasteiger partial charge in [0, 0.05) is 19.2 Å². The second kappa shape index (κ2) is 6.19. The van der Waals surface area contributed by atoms with Crippen LogP contribution in [0.25, 0.3) is 0 Å². The minimum absolute atomic E-state index is 0.190. The van der Waals surface area contributed by atoms with Crippen LogP contribution in [0.15, 0.2) is 10.6 Å². The van der Waals surface area contributed by atoms with Crippen molar-refractivity contribution in [2.45, 2.75) is 20.3 Å². The van der Waals surface area contributed by atoms with Crippen LogP contribution >= 0.6 is 0 Å². The summed E-state index contributed by atoms with van der Waals surface area (Å²) in [5.41, 5.74) is 0.336. The molecule has 1 heterocycles. The van der Waals surface area contributed by atoms with Gasteiger partial charge in [-0.05, 0) is 19.9 Å². The van der Waals surface area contributed by atoms with Crippen molar-refractivity contribution < 1.29 is 9.32 Å². The first-order chi connectivity index (χ1) is 7.24. The molecule has 84 valence electrons. The second-order valence-electron chi connectivity index (χ2n) is 3.33. The maximum atomic E-state index is 11.4. The smallest absolute Gasteiger partial charge is 0.273 e. The van der Waals surface area contributed by atoms with Crippen LogP contribution in [0.1, 0.15) is 29.6 Å². The highest BCUT2D eigenvalue weighted by atomic mass is 16.5. The van der Waals surface area contributed by atoms with Gasteiger partial charge in [0.25, 0.3) is 5.91 Å². The summed E-state index contributed by atoms with van der Waals surface area (Å²) in [4.78, 5) is 11.4. The summed E-state index contributed by atoms with van der Waals surface area (Å²) in [5, 5.41) is 9.56. The summed E-state index contributed by atoms with van der Waals surface area (Å²) >= 11 is 0. The normalized spacial score (nSPS) is 10.3. The van der Waals surface area contributed by atoms with Gasteiger partial charge in [-0.25, -0.2) is 0 Å². The molecule has 0 saturated carbocycles. The zero-order valence-electron chi connectivity index (χ0n) is 9.17. The van der Waals surface area contributed by atoms with Crippen molar-refractivity contribution in [2.75, 3.05) is 19.6 Å². The zero-order chi connectivity index (χ0) is 11.1. The van der Waals surface area contributed by atoms with Gasteiger partial charge in [-0.2, -0.15) is 0 Å². The van der Waals surface area contributed by atoms with Gasteiger partial charge in [0.05, 0.1) is 0 Å². The zero-order valence-corrected chi connectivity index (χ0v) is 9.17. The Morgan fingerprint density at radius 1 is 1.47 bits per heavy atom. The number of aryl methyl sites for hydroxylation is 1. The third-order valence-electron chi connectivity index (χ3n) is 1.87. The van der Waals surface area contributed by atoms with Crippen molar-refractivity contribution in [3.63, 3.8) is 0 Å². The fourth-order valence-electron chi connectivity index (χ4n) is 1.13. The van der Waals surface area contributed by atoms with E-state index in [1.54, 1.807) is 13.0 Å². The number of carbonyl (C=O) groups is 1. The van der Waals surface area contributed by atoms with Gasteiger partial charge in [-0.1, -0.05) is 12.1 Å². The molecule has 1 aromatic rings. The summed E-state index contributed by atoms with van der Waals surface area (Å²) in [6, 6.07) is 1.62. The van der Waals surface area contributed by atoms with Crippen LogP contribution < -0.4 is 10.6 Å². The molecule has 1 amide bonds. The van der Waals surface area contributed by atoms with E-state index in [2.05, 4.69) is 22.7 Å². The SMILES string of the molecule is CCCNCCNC(=O)c1cc(C)on1. The van der Waals surface area contributed by atoms with Crippen LogP contribution in [0.4, 0.5) is 0 Å². The largest absolute Gasteiger partial charge is 0.361 e. The van der Waals surface area contributed by atoms with E-state index in [1.807, 2.05) is 0 Å². The first-order valence-corrected chi connectivity index (χ1v) is 5.16. The van der Waals surface area contributed by atoms with E-state index in [4.69, 9.17) is 4.52 Å². The van der Waals surface area contributed by atoms with E-state index < -0.39 is 0 Å². The highest BCUT2D eigenvalue weighted by Crippen LogP contribution is 2.00. The fourth-order valence-corrected chi connectivity index (χ4v) is 1.13. The highest BCUT2D eigenvalue weighted by Gasteiger charge is 2.09. The van der Waals surface area contributed by atoms with Crippen molar-refractivity contribution in [3.05, 3.63) is 17.5 Å². The van der Waals surface area contributed by atoms with Gasteiger partial charge in [-0.15, -0.1) is 0 Å². The number of hydrogen-bond donors (Lipinski definition) is 2. The maximum absolute atomic E-state index is 11.4. The lowest BCUT2D eigenvalue weighted by Gasteiger charge is -2.03.